The summed E-state index contributed by atoms with van der Waals surface area (Å²) in [5.41, 5.74) is 3.24. The molecule has 0 aromatic heterocycles. The molecule has 0 bridgehead atoms. The number of hydrogen-bond donors (Lipinski definition) is 1. The lowest BCUT2D eigenvalue weighted by Gasteiger charge is -2.08. The van der Waals surface area contributed by atoms with Crippen molar-refractivity contribution in [3.8, 4) is 17.2 Å². The number of benzene rings is 2. The van der Waals surface area contributed by atoms with Crippen LogP contribution in [0, 0.1) is 0 Å². The lowest BCUT2D eigenvalue weighted by atomic mass is 10.1. The van der Waals surface area contributed by atoms with Crippen LogP contribution in [0.3, 0.4) is 0 Å². The maximum Gasteiger partial charge on any atom is 0.129 e. The van der Waals surface area contributed by atoms with Crippen molar-refractivity contribution in [2.45, 2.75) is 18.7 Å². The molecule has 0 aliphatic carbocycles. The number of aromatic hydroxyl groups is 1. The minimum Gasteiger partial charge on any atom is -0.507 e. The fourth-order valence-electron chi connectivity index (χ4n) is 2.19. The highest BCUT2D eigenvalue weighted by Crippen LogP contribution is 2.28. The van der Waals surface area contributed by atoms with E-state index in [1.165, 1.54) is 17.3 Å². The topological polar surface area (TPSA) is 38.7 Å². The number of phenolic OH excluding ortho intramolecular Hbond substituents is 1. The Kier molecular flexibility index (Phi) is 7.02. The van der Waals surface area contributed by atoms with Gasteiger partial charge < -0.3 is 14.6 Å². The second-order valence-electron chi connectivity index (χ2n) is 5.80. The Morgan fingerprint density at radius 1 is 1.04 bits per heavy atom. The molecule has 0 radical (unpaired) electrons. The van der Waals surface area contributed by atoms with Gasteiger partial charge in [0.2, 0.25) is 0 Å². The summed E-state index contributed by atoms with van der Waals surface area (Å²) in [6.45, 7) is 4.63. The van der Waals surface area contributed by atoms with E-state index < -0.39 is 0 Å². The summed E-state index contributed by atoms with van der Waals surface area (Å²) in [6.07, 6.45) is 8.00. The fraction of sp³-hybridized carbons (Fsp3) is 0.238. The van der Waals surface area contributed by atoms with Gasteiger partial charge in [-0.05, 0) is 61.6 Å². The first-order chi connectivity index (χ1) is 12.0. The van der Waals surface area contributed by atoms with Crippen LogP contribution in [-0.4, -0.2) is 25.1 Å². The van der Waals surface area contributed by atoms with Crippen LogP contribution in [0.4, 0.5) is 0 Å². The Morgan fingerprint density at radius 2 is 1.76 bits per heavy atom. The lowest BCUT2D eigenvalue weighted by molar-refractivity contribution is 0.356. The van der Waals surface area contributed by atoms with Gasteiger partial charge in [-0.2, -0.15) is 0 Å². The average Bonchev–Trinajstić information content (AvgIpc) is 2.60. The normalized spacial score (nSPS) is 10.7. The summed E-state index contributed by atoms with van der Waals surface area (Å²) in [4.78, 5) is 0.860. The van der Waals surface area contributed by atoms with E-state index in [9.17, 15) is 5.11 Å². The second kappa shape index (κ2) is 9.23. The van der Waals surface area contributed by atoms with Crippen LogP contribution >= 0.6 is 11.8 Å². The minimum atomic E-state index is 0.306. The molecule has 2 aromatic rings. The van der Waals surface area contributed by atoms with Crippen molar-refractivity contribution in [1.82, 2.24) is 0 Å². The number of rotatable bonds is 7. The summed E-state index contributed by atoms with van der Waals surface area (Å²) in [7, 11) is 1.65. The molecule has 0 saturated carbocycles. The Balaban J connectivity index is 2.21. The summed E-state index contributed by atoms with van der Waals surface area (Å²) in [6, 6.07) is 11.4. The first-order valence-corrected chi connectivity index (χ1v) is 9.24. The zero-order valence-corrected chi connectivity index (χ0v) is 15.9. The SMILES string of the molecule is COc1cc(C=Cc2ccc(O)c(SC)c2)cc(OCC=C(C)C)c1. The highest BCUT2D eigenvalue weighted by molar-refractivity contribution is 7.98. The summed E-state index contributed by atoms with van der Waals surface area (Å²) in [5.74, 6) is 1.83. The van der Waals surface area contributed by atoms with Gasteiger partial charge in [-0.3, -0.25) is 0 Å². The molecule has 3 nitrogen and oxygen atoms in total. The van der Waals surface area contributed by atoms with Gasteiger partial charge in [0.25, 0.3) is 0 Å². The predicted octanol–water partition coefficient (Wildman–Crippen LogP) is 5.64. The molecular formula is C21H24O3S. The van der Waals surface area contributed by atoms with Gasteiger partial charge in [0.15, 0.2) is 0 Å². The Bertz CT molecular complexity index is 775. The maximum absolute atomic E-state index is 9.76. The third kappa shape index (κ3) is 5.91. The van der Waals surface area contributed by atoms with Gasteiger partial charge in [0.1, 0.15) is 23.9 Å². The molecule has 0 aliphatic heterocycles. The Labute approximate surface area is 154 Å². The average molecular weight is 356 g/mol. The predicted molar refractivity (Wildman–Crippen MR) is 107 cm³/mol. The Hall–Kier alpha value is -2.33. The highest BCUT2D eigenvalue weighted by Gasteiger charge is 2.02. The molecule has 0 heterocycles. The van der Waals surface area contributed by atoms with Gasteiger partial charge in [-0.25, -0.2) is 0 Å². The van der Waals surface area contributed by atoms with Crippen molar-refractivity contribution in [2.24, 2.45) is 0 Å². The maximum atomic E-state index is 9.76. The van der Waals surface area contributed by atoms with Crippen LogP contribution in [0.2, 0.25) is 0 Å². The second-order valence-corrected chi connectivity index (χ2v) is 6.65. The molecule has 25 heavy (non-hydrogen) atoms. The van der Waals surface area contributed by atoms with Crippen LogP contribution in [0.15, 0.2) is 52.9 Å². The van der Waals surface area contributed by atoms with Gasteiger partial charge >= 0.3 is 0 Å². The van der Waals surface area contributed by atoms with Crippen molar-refractivity contribution in [2.75, 3.05) is 20.0 Å². The van der Waals surface area contributed by atoms with Gasteiger partial charge in [-0.15, -0.1) is 11.8 Å². The van der Waals surface area contributed by atoms with Crippen LogP contribution in [0.5, 0.6) is 17.2 Å². The first kappa shape index (κ1) is 19.0. The number of ether oxygens (including phenoxy) is 2. The van der Waals surface area contributed by atoms with Crippen LogP contribution in [-0.2, 0) is 0 Å². The molecule has 132 valence electrons. The zero-order valence-electron chi connectivity index (χ0n) is 15.1. The molecule has 2 aromatic carbocycles. The van der Waals surface area contributed by atoms with E-state index in [-0.39, 0.29) is 0 Å². The number of allylic oxidation sites excluding steroid dienone is 1. The van der Waals surface area contributed by atoms with Crippen molar-refractivity contribution in [3.05, 3.63) is 59.2 Å². The number of methoxy groups -OCH3 is 1. The summed E-state index contributed by atoms with van der Waals surface area (Å²) >= 11 is 1.52. The highest BCUT2D eigenvalue weighted by atomic mass is 32.2. The van der Waals surface area contributed by atoms with E-state index in [0.717, 1.165) is 27.5 Å². The van der Waals surface area contributed by atoms with E-state index >= 15 is 0 Å². The molecule has 0 atom stereocenters. The van der Waals surface area contributed by atoms with Gasteiger partial charge in [0, 0.05) is 11.0 Å². The first-order valence-electron chi connectivity index (χ1n) is 8.02. The van der Waals surface area contributed by atoms with Gasteiger partial charge in [-0.1, -0.05) is 23.8 Å². The molecule has 0 amide bonds. The molecule has 0 saturated heterocycles. The molecule has 0 fully saturated rings. The molecule has 4 heteroatoms. The van der Waals surface area contributed by atoms with Crippen molar-refractivity contribution < 1.29 is 14.6 Å². The van der Waals surface area contributed by atoms with E-state index in [4.69, 9.17) is 9.47 Å². The minimum absolute atomic E-state index is 0.306. The van der Waals surface area contributed by atoms with Gasteiger partial charge in [0.05, 0.1) is 7.11 Å². The number of thioether (sulfide) groups is 1. The van der Waals surface area contributed by atoms with E-state index in [1.807, 2.05) is 68.7 Å². The quantitative estimate of drug-likeness (QED) is 0.396. The van der Waals surface area contributed by atoms with Crippen molar-refractivity contribution in [1.29, 1.82) is 0 Å². The number of phenols is 1. The molecule has 0 aliphatic rings. The monoisotopic (exact) mass is 356 g/mol. The van der Waals surface area contributed by atoms with Crippen LogP contribution < -0.4 is 9.47 Å². The smallest absolute Gasteiger partial charge is 0.129 e. The van der Waals surface area contributed by atoms with Crippen LogP contribution in [0.1, 0.15) is 25.0 Å². The Morgan fingerprint density at radius 3 is 2.44 bits per heavy atom. The fourth-order valence-corrected chi connectivity index (χ4v) is 2.72. The molecule has 2 rings (SSSR count). The standard InChI is InChI=1S/C21H24O3S/c1-15(2)9-10-24-19-12-17(11-18(14-19)23-3)6-5-16-7-8-20(22)21(13-16)25-4/h5-9,11-14,22H,10H2,1-4H3. The molecular weight excluding hydrogens is 332 g/mol. The number of hydrogen-bond acceptors (Lipinski definition) is 4. The summed E-state index contributed by atoms with van der Waals surface area (Å²) < 4.78 is 11.1. The van der Waals surface area contributed by atoms with E-state index in [2.05, 4.69) is 0 Å². The van der Waals surface area contributed by atoms with Crippen molar-refractivity contribution in [3.63, 3.8) is 0 Å². The van der Waals surface area contributed by atoms with E-state index in [1.54, 1.807) is 13.2 Å². The summed E-state index contributed by atoms with van der Waals surface area (Å²) in [5, 5.41) is 9.76. The van der Waals surface area contributed by atoms with Crippen molar-refractivity contribution >= 4 is 23.9 Å². The largest absolute Gasteiger partial charge is 0.507 e. The van der Waals surface area contributed by atoms with Crippen LogP contribution in [0.25, 0.3) is 12.2 Å². The molecule has 1 N–H and O–H groups in total. The third-order valence-electron chi connectivity index (χ3n) is 3.55. The van der Waals surface area contributed by atoms with E-state index in [0.29, 0.717) is 12.4 Å². The zero-order chi connectivity index (χ0) is 18.2. The molecule has 0 spiro atoms. The third-order valence-corrected chi connectivity index (χ3v) is 4.32. The lowest BCUT2D eigenvalue weighted by Crippen LogP contribution is -1.95. The molecule has 0 unspecified atom stereocenters.